The summed E-state index contributed by atoms with van der Waals surface area (Å²) in [6, 6.07) is 19.4. The number of hydrogen-bond acceptors (Lipinski definition) is 8. The molecule has 0 saturated carbocycles. The van der Waals surface area contributed by atoms with E-state index < -0.39 is 10.1 Å². The van der Waals surface area contributed by atoms with Crippen molar-refractivity contribution in [1.82, 2.24) is 9.97 Å². The molecule has 0 amide bonds. The van der Waals surface area contributed by atoms with Gasteiger partial charge < -0.3 is 19.4 Å². The second-order valence-corrected chi connectivity index (χ2v) is 13.4. The number of hydrogen-bond donors (Lipinski definition) is 1. The number of rotatable bonds is 12. The van der Waals surface area contributed by atoms with Gasteiger partial charge in [0, 0.05) is 18.1 Å². The molecule has 0 bridgehead atoms. The minimum Gasteiger partial charge on any atom is -0.496 e. The first-order valence-corrected chi connectivity index (χ1v) is 16.3. The molecule has 0 unspecified atom stereocenters. The van der Waals surface area contributed by atoms with Crippen LogP contribution in [0.15, 0.2) is 65.6 Å². The molecule has 1 aromatic heterocycles. The Morgan fingerprint density at radius 2 is 1.48 bits per heavy atom. The molecule has 0 aliphatic rings. The van der Waals surface area contributed by atoms with Gasteiger partial charge in [0.25, 0.3) is 0 Å². The topological polar surface area (TPSA) is 114 Å². The molecule has 3 aromatic carbocycles. The Morgan fingerprint density at radius 1 is 0.841 bits per heavy atom. The van der Waals surface area contributed by atoms with Crippen molar-refractivity contribution in [3.8, 4) is 17.4 Å². The van der Waals surface area contributed by atoms with Crippen molar-refractivity contribution in [3.63, 3.8) is 0 Å². The lowest BCUT2D eigenvalue weighted by Gasteiger charge is -2.23. The Hall–Kier alpha value is -4.11. The van der Waals surface area contributed by atoms with E-state index >= 15 is 0 Å². The van der Waals surface area contributed by atoms with Crippen LogP contribution in [0.25, 0.3) is 0 Å². The van der Waals surface area contributed by atoms with Crippen LogP contribution >= 0.6 is 0 Å². The highest BCUT2D eigenvalue weighted by Gasteiger charge is 2.30. The second-order valence-electron chi connectivity index (χ2n) is 11.9. The normalized spacial score (nSPS) is 11.8. The van der Waals surface area contributed by atoms with Crippen molar-refractivity contribution >= 4 is 16.1 Å². The first-order valence-electron chi connectivity index (χ1n) is 14.9. The van der Waals surface area contributed by atoms with E-state index in [0.717, 1.165) is 16.7 Å². The van der Waals surface area contributed by atoms with E-state index in [0.29, 0.717) is 40.5 Å². The lowest BCUT2D eigenvalue weighted by molar-refractivity contribution is 0.303. The van der Waals surface area contributed by atoms with Crippen LogP contribution in [0, 0.1) is 6.92 Å². The Balaban J connectivity index is 1.72. The number of nitrogens with two attached hydrogens (primary N) is 1. The standard InChI is InChI=1S/C35H43N3O5S/c1-21(2)27-17-29(22(3)4)33(30(18-27)23(5)6)44(39,40)43-34-31(24(7)37-35(36)38-34)16-26-14-15-28(19-32(26)41-8)42-20-25-12-10-9-11-13-25/h9-15,17-19,21-23H,16,20H2,1-8H3,(H2,36,37,38). The molecule has 4 rings (SSSR count). The SMILES string of the molecule is COc1cc(OCc2ccccc2)ccc1Cc1c(C)nc(N)nc1OS(=O)(=O)c1c(C(C)C)cc(C(C)C)cc1C(C)C. The zero-order valence-electron chi connectivity index (χ0n) is 26.8. The summed E-state index contributed by atoms with van der Waals surface area (Å²) in [5, 5.41) is 0. The van der Waals surface area contributed by atoms with Gasteiger partial charge in [-0.15, -0.1) is 0 Å². The molecule has 8 nitrogen and oxygen atoms in total. The number of methoxy groups -OCH3 is 1. The lowest BCUT2D eigenvalue weighted by atomic mass is 9.89. The average Bonchev–Trinajstić information content (AvgIpc) is 2.97. The minimum atomic E-state index is -4.31. The Labute approximate surface area is 261 Å². The molecule has 0 aliphatic carbocycles. The van der Waals surface area contributed by atoms with Crippen LogP contribution < -0.4 is 19.4 Å². The fraction of sp³-hybridized carbons (Fsp3) is 0.371. The summed E-state index contributed by atoms with van der Waals surface area (Å²) in [7, 11) is -2.73. The predicted octanol–water partition coefficient (Wildman–Crippen LogP) is 7.68. The first kappa shape index (κ1) is 32.8. The van der Waals surface area contributed by atoms with Crippen LogP contribution in [0.5, 0.6) is 17.4 Å². The maximum atomic E-state index is 14.2. The molecule has 2 N–H and O–H groups in total. The molecule has 1 heterocycles. The van der Waals surface area contributed by atoms with Crippen LogP contribution in [-0.2, 0) is 23.1 Å². The molecule has 44 heavy (non-hydrogen) atoms. The lowest BCUT2D eigenvalue weighted by Crippen LogP contribution is -2.19. The third kappa shape index (κ3) is 7.50. The highest BCUT2D eigenvalue weighted by molar-refractivity contribution is 7.87. The zero-order chi connectivity index (χ0) is 32.2. The van der Waals surface area contributed by atoms with Gasteiger partial charge in [-0.25, -0.2) is 4.98 Å². The summed E-state index contributed by atoms with van der Waals surface area (Å²) in [5.74, 6) is 1.19. The van der Waals surface area contributed by atoms with Crippen molar-refractivity contribution in [3.05, 3.63) is 99.7 Å². The maximum absolute atomic E-state index is 14.2. The molecule has 0 saturated heterocycles. The number of anilines is 1. The van der Waals surface area contributed by atoms with Crippen molar-refractivity contribution in [2.75, 3.05) is 12.8 Å². The van der Waals surface area contributed by atoms with Gasteiger partial charge in [-0.3, -0.25) is 0 Å². The average molecular weight is 618 g/mol. The molecule has 0 fully saturated rings. The number of aryl methyl sites for hydroxylation is 1. The summed E-state index contributed by atoms with van der Waals surface area (Å²) in [6.45, 7) is 14.3. The van der Waals surface area contributed by atoms with Gasteiger partial charge in [-0.2, -0.15) is 13.4 Å². The highest BCUT2D eigenvalue weighted by Crippen LogP contribution is 2.38. The van der Waals surface area contributed by atoms with Crippen molar-refractivity contribution in [1.29, 1.82) is 0 Å². The number of nitrogens with zero attached hydrogens (tertiary/aromatic N) is 2. The Morgan fingerprint density at radius 3 is 2.05 bits per heavy atom. The van der Waals surface area contributed by atoms with E-state index in [4.69, 9.17) is 19.4 Å². The summed E-state index contributed by atoms with van der Waals surface area (Å²) in [6.07, 6.45) is 0.249. The maximum Gasteiger partial charge on any atom is 0.341 e. The Kier molecular flexibility index (Phi) is 10.2. The van der Waals surface area contributed by atoms with E-state index in [9.17, 15) is 8.42 Å². The number of ether oxygens (including phenoxy) is 2. The smallest absolute Gasteiger partial charge is 0.341 e. The molecule has 0 radical (unpaired) electrons. The molecule has 0 atom stereocenters. The van der Waals surface area contributed by atoms with Crippen LogP contribution in [0.3, 0.4) is 0 Å². The summed E-state index contributed by atoms with van der Waals surface area (Å²) in [5.41, 5.74) is 11.4. The fourth-order valence-electron chi connectivity index (χ4n) is 5.08. The van der Waals surface area contributed by atoms with Crippen LogP contribution in [0.2, 0.25) is 0 Å². The second kappa shape index (κ2) is 13.7. The summed E-state index contributed by atoms with van der Waals surface area (Å²) < 4.78 is 45.9. The van der Waals surface area contributed by atoms with Gasteiger partial charge in [-0.1, -0.05) is 90.1 Å². The third-order valence-electron chi connectivity index (χ3n) is 7.59. The predicted molar refractivity (Wildman–Crippen MR) is 174 cm³/mol. The van der Waals surface area contributed by atoms with Crippen LogP contribution in [0.1, 0.15) is 98.4 Å². The van der Waals surface area contributed by atoms with Gasteiger partial charge in [0.05, 0.1) is 12.8 Å². The molecule has 0 aliphatic heterocycles. The summed E-state index contributed by atoms with van der Waals surface area (Å²) in [4.78, 5) is 8.77. The van der Waals surface area contributed by atoms with Gasteiger partial charge in [0.2, 0.25) is 11.8 Å². The van der Waals surface area contributed by atoms with Crippen LogP contribution in [-0.4, -0.2) is 25.5 Å². The highest BCUT2D eigenvalue weighted by atomic mass is 32.2. The van der Waals surface area contributed by atoms with Gasteiger partial charge in [0.15, 0.2) is 0 Å². The van der Waals surface area contributed by atoms with Crippen molar-refractivity contribution in [2.24, 2.45) is 0 Å². The first-order chi connectivity index (χ1) is 20.8. The van der Waals surface area contributed by atoms with Gasteiger partial charge >= 0.3 is 10.1 Å². The quantitative estimate of drug-likeness (QED) is 0.161. The van der Waals surface area contributed by atoms with Gasteiger partial charge in [-0.05, 0) is 58.6 Å². The molecule has 234 valence electrons. The molecular weight excluding hydrogens is 574 g/mol. The van der Waals surface area contributed by atoms with E-state index in [2.05, 4.69) is 23.8 Å². The monoisotopic (exact) mass is 617 g/mol. The molecule has 4 aromatic rings. The third-order valence-corrected chi connectivity index (χ3v) is 8.93. The molecule has 9 heteroatoms. The minimum absolute atomic E-state index is 0.0527. The molecule has 0 spiro atoms. The van der Waals surface area contributed by atoms with Gasteiger partial charge in [0.1, 0.15) is 23.0 Å². The van der Waals surface area contributed by atoms with Crippen LogP contribution in [0.4, 0.5) is 5.95 Å². The number of nitrogen functional groups attached to an aromatic ring is 1. The van der Waals surface area contributed by atoms with E-state index in [1.165, 1.54) is 0 Å². The van der Waals surface area contributed by atoms with E-state index in [1.807, 2.05) is 88.4 Å². The Bertz CT molecular complexity index is 1690. The summed E-state index contributed by atoms with van der Waals surface area (Å²) >= 11 is 0. The fourth-order valence-corrected chi connectivity index (χ4v) is 6.67. The van der Waals surface area contributed by atoms with E-state index in [1.54, 1.807) is 14.0 Å². The zero-order valence-corrected chi connectivity index (χ0v) is 27.7. The largest absolute Gasteiger partial charge is 0.496 e. The van der Waals surface area contributed by atoms with E-state index in [-0.39, 0.29) is 40.9 Å². The van der Waals surface area contributed by atoms with Crippen molar-refractivity contribution in [2.45, 2.75) is 84.1 Å². The number of aromatic nitrogens is 2. The number of benzene rings is 3. The van der Waals surface area contributed by atoms with Crippen molar-refractivity contribution < 1.29 is 22.1 Å². The molecular formula is C35H43N3O5S.